The maximum atomic E-state index is 2.61. The van der Waals surface area contributed by atoms with Crippen LogP contribution in [-0.2, 0) is 6.54 Å². The Morgan fingerprint density at radius 3 is 2.52 bits per heavy atom. The molecule has 0 bridgehead atoms. The third-order valence-corrected chi connectivity index (χ3v) is 5.82. The number of nitrogens with zero attached hydrogens (tertiary/aromatic N) is 2. The highest BCUT2D eigenvalue weighted by Crippen LogP contribution is 2.29. The van der Waals surface area contributed by atoms with Crippen LogP contribution in [0.5, 0.6) is 0 Å². The van der Waals surface area contributed by atoms with Crippen molar-refractivity contribution in [1.82, 2.24) is 4.90 Å². The van der Waals surface area contributed by atoms with Crippen molar-refractivity contribution in [1.29, 1.82) is 0 Å². The zero-order chi connectivity index (χ0) is 17.3. The molecular weight excluding hydrogens is 304 g/mol. The summed E-state index contributed by atoms with van der Waals surface area (Å²) in [6, 6.07) is 15.4. The van der Waals surface area contributed by atoms with Gasteiger partial charge < -0.3 is 4.90 Å². The summed E-state index contributed by atoms with van der Waals surface area (Å²) in [5.74, 6) is 0. The summed E-state index contributed by atoms with van der Waals surface area (Å²) in [6.07, 6.45) is 9.91. The van der Waals surface area contributed by atoms with Gasteiger partial charge in [0, 0.05) is 44.3 Å². The molecule has 130 valence electrons. The summed E-state index contributed by atoms with van der Waals surface area (Å²) < 4.78 is 2.52. The minimum Gasteiger partial charge on any atom is -0.374 e. The minimum absolute atomic E-state index is 0.151. The van der Waals surface area contributed by atoms with E-state index in [4.69, 9.17) is 0 Å². The number of hydrogen-bond acceptors (Lipinski definition) is 1. The molecule has 0 N–H and O–H groups in total. The second-order valence-corrected chi connectivity index (χ2v) is 8.11. The SMILES string of the molecule is CC1(C)CC(N2CCCCC2)=CC=[N+]1Cc1cccc2ccccc12. The first-order chi connectivity index (χ1) is 12.1. The molecule has 2 aliphatic rings. The van der Waals surface area contributed by atoms with Crippen LogP contribution in [0.1, 0.15) is 45.1 Å². The highest BCUT2D eigenvalue weighted by Gasteiger charge is 2.35. The summed E-state index contributed by atoms with van der Waals surface area (Å²) in [6.45, 7) is 8.20. The zero-order valence-electron chi connectivity index (χ0n) is 15.5. The van der Waals surface area contributed by atoms with Gasteiger partial charge in [-0.25, -0.2) is 4.58 Å². The highest BCUT2D eigenvalue weighted by atomic mass is 15.2. The number of likely N-dealkylation sites (tertiary alicyclic amines) is 1. The first-order valence-corrected chi connectivity index (χ1v) is 9.66. The molecule has 2 aromatic carbocycles. The fourth-order valence-electron chi connectivity index (χ4n) is 4.26. The molecule has 2 heteroatoms. The average Bonchev–Trinajstić information content (AvgIpc) is 2.64. The number of benzene rings is 2. The molecule has 2 nitrogen and oxygen atoms in total. The van der Waals surface area contributed by atoms with E-state index in [1.807, 2.05) is 0 Å². The van der Waals surface area contributed by atoms with Crippen molar-refractivity contribution in [2.24, 2.45) is 0 Å². The molecule has 0 spiro atoms. The van der Waals surface area contributed by atoms with E-state index in [0.29, 0.717) is 0 Å². The molecule has 2 heterocycles. The summed E-state index contributed by atoms with van der Waals surface area (Å²) in [7, 11) is 0. The first kappa shape index (κ1) is 16.4. The number of piperidine rings is 1. The summed E-state index contributed by atoms with van der Waals surface area (Å²) in [5, 5.41) is 2.71. The lowest BCUT2D eigenvalue weighted by Crippen LogP contribution is -2.43. The van der Waals surface area contributed by atoms with Gasteiger partial charge in [-0.15, -0.1) is 0 Å². The molecule has 1 saturated heterocycles. The molecule has 0 radical (unpaired) electrons. The lowest BCUT2D eigenvalue weighted by atomic mass is 9.92. The van der Waals surface area contributed by atoms with E-state index in [9.17, 15) is 0 Å². The van der Waals surface area contributed by atoms with E-state index in [2.05, 4.69) is 78.1 Å². The largest absolute Gasteiger partial charge is 0.374 e. The summed E-state index contributed by atoms with van der Waals surface area (Å²) in [4.78, 5) is 2.61. The number of allylic oxidation sites excluding steroid dienone is 1. The lowest BCUT2D eigenvalue weighted by Gasteiger charge is -2.36. The molecule has 0 atom stereocenters. The van der Waals surface area contributed by atoms with E-state index in [-0.39, 0.29) is 5.54 Å². The third kappa shape index (κ3) is 3.35. The Morgan fingerprint density at radius 2 is 1.72 bits per heavy atom. The monoisotopic (exact) mass is 333 g/mol. The molecule has 2 aromatic rings. The van der Waals surface area contributed by atoms with Crippen molar-refractivity contribution in [2.75, 3.05) is 13.1 Å². The molecule has 1 fully saturated rings. The number of fused-ring (bicyclic) bond motifs is 1. The van der Waals surface area contributed by atoms with E-state index in [1.54, 1.807) is 0 Å². The van der Waals surface area contributed by atoms with Gasteiger partial charge in [0.1, 0.15) is 0 Å². The van der Waals surface area contributed by atoms with Gasteiger partial charge in [-0.05, 0) is 30.0 Å². The van der Waals surface area contributed by atoms with Gasteiger partial charge in [0.05, 0.1) is 6.42 Å². The van der Waals surface area contributed by atoms with E-state index < -0.39 is 0 Å². The fraction of sp³-hybridized carbons (Fsp3) is 0.435. The van der Waals surface area contributed by atoms with Gasteiger partial charge in [-0.1, -0.05) is 42.5 Å². The van der Waals surface area contributed by atoms with Gasteiger partial charge in [-0.3, -0.25) is 0 Å². The average molecular weight is 333 g/mol. The van der Waals surface area contributed by atoms with Crippen molar-refractivity contribution in [3.8, 4) is 0 Å². The van der Waals surface area contributed by atoms with Crippen molar-refractivity contribution >= 4 is 17.0 Å². The smallest absolute Gasteiger partial charge is 0.169 e. The lowest BCUT2D eigenvalue weighted by molar-refractivity contribution is -0.612. The normalized spacial score (nSPS) is 20.3. The molecule has 0 aliphatic carbocycles. The standard InChI is InChI=1S/C23H29N2/c1-23(2)17-21(24-14-6-3-7-15-24)13-16-25(23)18-20-11-8-10-19-9-4-5-12-22(19)20/h4-5,8-13,16H,3,6-7,14-15,17-18H2,1-2H3/q+1. The quantitative estimate of drug-likeness (QED) is 0.718. The summed E-state index contributed by atoms with van der Waals surface area (Å²) >= 11 is 0. The van der Waals surface area contributed by atoms with Crippen LogP contribution in [-0.4, -0.2) is 34.3 Å². The van der Waals surface area contributed by atoms with Crippen molar-refractivity contribution in [3.63, 3.8) is 0 Å². The van der Waals surface area contributed by atoms with Crippen LogP contribution in [0.15, 0.2) is 54.2 Å². The second kappa shape index (κ2) is 6.67. The van der Waals surface area contributed by atoms with E-state index in [0.717, 1.165) is 13.0 Å². The van der Waals surface area contributed by atoms with Crippen molar-refractivity contribution in [2.45, 2.75) is 51.6 Å². The Bertz CT molecular complexity index is 818. The van der Waals surface area contributed by atoms with E-state index in [1.165, 1.54) is 54.4 Å². The molecular formula is C23H29N2+. The Balaban J connectivity index is 1.62. The topological polar surface area (TPSA) is 6.25 Å². The van der Waals surface area contributed by atoms with Crippen LogP contribution < -0.4 is 0 Å². The Morgan fingerprint density at radius 1 is 0.960 bits per heavy atom. The predicted octanol–water partition coefficient (Wildman–Crippen LogP) is 4.98. The molecule has 25 heavy (non-hydrogen) atoms. The molecule has 4 rings (SSSR count). The fourth-order valence-corrected chi connectivity index (χ4v) is 4.26. The zero-order valence-corrected chi connectivity index (χ0v) is 15.5. The first-order valence-electron chi connectivity index (χ1n) is 9.66. The maximum absolute atomic E-state index is 2.61. The van der Waals surface area contributed by atoms with E-state index >= 15 is 0 Å². The Kier molecular flexibility index (Phi) is 4.37. The number of hydrogen-bond donors (Lipinski definition) is 0. The van der Waals surface area contributed by atoms with Crippen LogP contribution in [0.25, 0.3) is 10.8 Å². The van der Waals surface area contributed by atoms with Gasteiger partial charge >= 0.3 is 0 Å². The molecule has 0 saturated carbocycles. The van der Waals surface area contributed by atoms with Crippen LogP contribution >= 0.6 is 0 Å². The van der Waals surface area contributed by atoms with Gasteiger partial charge in [0.25, 0.3) is 0 Å². The third-order valence-electron chi connectivity index (χ3n) is 5.82. The predicted molar refractivity (Wildman–Crippen MR) is 106 cm³/mol. The van der Waals surface area contributed by atoms with Crippen LogP contribution in [0, 0.1) is 0 Å². The summed E-state index contributed by atoms with van der Waals surface area (Å²) in [5.41, 5.74) is 3.09. The van der Waals surface area contributed by atoms with Crippen LogP contribution in [0.4, 0.5) is 0 Å². The van der Waals surface area contributed by atoms with Crippen molar-refractivity contribution in [3.05, 3.63) is 59.8 Å². The van der Waals surface area contributed by atoms with Crippen molar-refractivity contribution < 1.29 is 4.58 Å². The maximum Gasteiger partial charge on any atom is 0.169 e. The van der Waals surface area contributed by atoms with Gasteiger partial charge in [0.2, 0.25) is 0 Å². The minimum atomic E-state index is 0.151. The molecule has 0 unspecified atom stereocenters. The Labute approximate surface area is 151 Å². The van der Waals surface area contributed by atoms with Gasteiger partial charge in [0.15, 0.2) is 18.3 Å². The molecule has 0 aromatic heterocycles. The molecule has 0 amide bonds. The Hall–Kier alpha value is -2.09. The van der Waals surface area contributed by atoms with Crippen LogP contribution in [0.3, 0.4) is 0 Å². The second-order valence-electron chi connectivity index (χ2n) is 8.11. The highest BCUT2D eigenvalue weighted by molar-refractivity contribution is 5.85. The van der Waals surface area contributed by atoms with Gasteiger partial charge in [-0.2, -0.15) is 0 Å². The molecule has 2 aliphatic heterocycles. The number of rotatable bonds is 3. The van der Waals surface area contributed by atoms with Crippen LogP contribution in [0.2, 0.25) is 0 Å².